The summed E-state index contributed by atoms with van der Waals surface area (Å²) in [6.45, 7) is 31.6. The molecule has 3 saturated carbocycles. The van der Waals surface area contributed by atoms with Crippen LogP contribution < -0.4 is 10.6 Å². The number of allylic oxidation sites excluding steroid dienone is 1. The average Bonchev–Trinajstić information content (AvgIpc) is 3.58. The Balaban J connectivity index is 1.45. The predicted octanol–water partition coefficient (Wildman–Crippen LogP) is 7.96. The maximum absolute atomic E-state index is 13.6. The number of aliphatic carboxylic acids is 1. The minimum atomic E-state index is -0.636. The summed E-state index contributed by atoms with van der Waals surface area (Å²) in [5.74, 6) is 0.477. The Morgan fingerprint density at radius 2 is 1.76 bits per heavy atom. The fourth-order valence-electron chi connectivity index (χ4n) is 13.1. The summed E-state index contributed by atoms with van der Waals surface area (Å²) in [6.07, 6.45) is 9.57. The van der Waals surface area contributed by atoms with E-state index in [1.54, 1.807) is 6.33 Å². The van der Waals surface area contributed by atoms with E-state index in [9.17, 15) is 14.7 Å². The van der Waals surface area contributed by atoms with Gasteiger partial charge in [-0.1, -0.05) is 80.9 Å². The first kappa shape index (κ1) is 41.3. The number of carboxylic acids is 1. The predicted molar refractivity (Wildman–Crippen MR) is 212 cm³/mol. The van der Waals surface area contributed by atoms with Crippen molar-refractivity contribution in [1.82, 2.24) is 25.4 Å². The summed E-state index contributed by atoms with van der Waals surface area (Å²) in [6, 6.07) is -0.197. The Hall–Kier alpha value is -2.30. The van der Waals surface area contributed by atoms with Crippen LogP contribution in [0.2, 0.25) is 0 Å². The van der Waals surface area contributed by atoms with Gasteiger partial charge in [-0.2, -0.15) is 0 Å². The molecule has 54 heavy (non-hydrogen) atoms. The van der Waals surface area contributed by atoms with Gasteiger partial charge in [0.15, 0.2) is 0 Å². The third-order valence-corrected chi connectivity index (χ3v) is 17.0. The van der Waals surface area contributed by atoms with E-state index >= 15 is 0 Å². The van der Waals surface area contributed by atoms with E-state index in [1.165, 1.54) is 5.57 Å². The van der Waals surface area contributed by atoms with Crippen LogP contribution in [0.3, 0.4) is 0 Å². The van der Waals surface area contributed by atoms with Crippen molar-refractivity contribution in [2.45, 2.75) is 152 Å². The first-order valence-electron chi connectivity index (χ1n) is 21.2. The molecule has 0 aromatic carbocycles. The highest BCUT2D eigenvalue weighted by Crippen LogP contribution is 2.75. The molecule has 5 aliphatic rings. The molecule has 1 amide bonds. The second kappa shape index (κ2) is 14.3. The van der Waals surface area contributed by atoms with Gasteiger partial charge in [-0.3, -0.25) is 9.59 Å². The van der Waals surface area contributed by atoms with Crippen molar-refractivity contribution in [2.24, 2.45) is 62.6 Å². The Morgan fingerprint density at radius 1 is 1.06 bits per heavy atom. The van der Waals surface area contributed by atoms with Crippen LogP contribution in [0.25, 0.3) is 0 Å². The van der Waals surface area contributed by atoms with Crippen LogP contribution >= 0.6 is 0 Å². The van der Waals surface area contributed by atoms with Crippen LogP contribution in [0.1, 0.15) is 145 Å². The average molecular weight is 752 g/mol. The highest BCUT2D eigenvalue weighted by Gasteiger charge is 2.72. The fraction of sp³-hybridized carbons (Fsp3) is 0.864. The standard InChI is InChI=1S/C44H73N5O5/c1-14-46-43(13,27(4)5)23-54-35-32(49-25-45-36(48-49)37(50)47-28(6)7)21-44-24-53-22-40(35,10)33(44)16-15-30-31(44)17-18-42(12)34(38(51)52)39(9,29(8)26(2)3)19-20-41(30,42)11/h17,25-30,32-35,46H,14-16,18-24H2,1-13H3,(H,47,50)(H,51,52)/t29-,30+,32-,33+,34-,35+,39-,40+,41-,42+,43+,44?/m1/s1. The number of hydrogen-bond acceptors (Lipinski definition) is 7. The number of carbonyl (C=O) groups excluding carboxylic acids is 1. The van der Waals surface area contributed by atoms with Gasteiger partial charge < -0.3 is 25.2 Å². The number of likely N-dealkylation sites (N-methyl/N-ethyl adjacent to an activating group) is 1. The quantitative estimate of drug-likeness (QED) is 0.184. The van der Waals surface area contributed by atoms with Crippen LogP contribution in [0, 0.1) is 62.6 Å². The van der Waals surface area contributed by atoms with Crippen LogP contribution in [0.4, 0.5) is 0 Å². The number of amides is 1. The van der Waals surface area contributed by atoms with Gasteiger partial charge in [0.05, 0.1) is 37.9 Å². The number of carbonyl (C=O) groups is 2. The van der Waals surface area contributed by atoms with Gasteiger partial charge in [-0.05, 0) is 112 Å². The smallest absolute Gasteiger partial charge is 0.307 e. The first-order chi connectivity index (χ1) is 25.1. The van der Waals surface area contributed by atoms with E-state index in [0.29, 0.717) is 43.5 Å². The summed E-state index contributed by atoms with van der Waals surface area (Å²) in [4.78, 5) is 31.3. The molecule has 10 heteroatoms. The molecule has 6 rings (SSSR count). The summed E-state index contributed by atoms with van der Waals surface area (Å²) < 4.78 is 16.0. The molecule has 1 unspecified atom stereocenters. The number of ether oxygens (including phenoxy) is 2. The third-order valence-electron chi connectivity index (χ3n) is 17.0. The van der Waals surface area contributed by atoms with Crippen molar-refractivity contribution < 1.29 is 24.2 Å². The Kier molecular flexibility index (Phi) is 10.9. The monoisotopic (exact) mass is 752 g/mol. The van der Waals surface area contributed by atoms with E-state index in [-0.39, 0.29) is 68.5 Å². The number of hydrogen-bond donors (Lipinski definition) is 3. The van der Waals surface area contributed by atoms with Gasteiger partial charge in [0.25, 0.3) is 5.91 Å². The molecule has 3 N–H and O–H groups in total. The number of rotatable bonds is 12. The fourth-order valence-corrected chi connectivity index (χ4v) is 13.1. The number of nitrogens with zero attached hydrogens (tertiary/aromatic N) is 3. The number of fused-ring (bicyclic) bond motifs is 3. The van der Waals surface area contributed by atoms with Gasteiger partial charge in [0.2, 0.25) is 5.82 Å². The molecule has 4 aliphatic carbocycles. The lowest BCUT2D eigenvalue weighted by Gasteiger charge is -2.71. The lowest BCUT2D eigenvalue weighted by molar-refractivity contribution is -0.253. The van der Waals surface area contributed by atoms with Gasteiger partial charge in [-0.25, -0.2) is 9.67 Å². The van der Waals surface area contributed by atoms with E-state index in [4.69, 9.17) is 14.6 Å². The van der Waals surface area contributed by atoms with Gasteiger partial charge >= 0.3 is 5.97 Å². The van der Waals surface area contributed by atoms with Crippen molar-refractivity contribution in [3.8, 4) is 0 Å². The van der Waals surface area contributed by atoms with Crippen LogP contribution in [-0.2, 0) is 14.3 Å². The van der Waals surface area contributed by atoms with Crippen molar-refractivity contribution >= 4 is 11.9 Å². The maximum atomic E-state index is 13.6. The molecule has 2 heterocycles. The SMILES string of the molecule is CCN[C@@](C)(CO[C@H]1[C@H](n2cnc(C(=O)NC(C)C)n2)CC23COC[C@@]1(C)[C@@H]2CC[C@H]1C3=CC[C@@]2(C)[C@H](C(=O)O)[C@@](C)([C@H](C)C(C)C)CC[C@]12C)C(C)C. The highest BCUT2D eigenvalue weighted by molar-refractivity contribution is 5.90. The minimum absolute atomic E-state index is 0.0264. The van der Waals surface area contributed by atoms with E-state index < -0.39 is 11.9 Å². The zero-order valence-corrected chi connectivity index (χ0v) is 35.8. The molecule has 10 nitrogen and oxygen atoms in total. The second-order valence-electron chi connectivity index (χ2n) is 20.6. The van der Waals surface area contributed by atoms with Gasteiger partial charge in [0.1, 0.15) is 6.33 Å². The first-order valence-corrected chi connectivity index (χ1v) is 21.2. The normalized spacial score (nSPS) is 40.7. The molecule has 12 atom stereocenters. The number of carboxylic acid groups (broad SMARTS) is 1. The Bertz CT molecular complexity index is 1610. The summed E-state index contributed by atoms with van der Waals surface area (Å²) in [5.41, 5.74) is -0.175. The van der Waals surface area contributed by atoms with Gasteiger partial charge in [0, 0.05) is 22.4 Å². The molecule has 0 spiro atoms. The lowest BCUT2D eigenvalue weighted by atomic mass is 9.34. The highest BCUT2D eigenvalue weighted by atomic mass is 16.5. The molecule has 0 radical (unpaired) electrons. The molecule has 4 fully saturated rings. The van der Waals surface area contributed by atoms with Crippen molar-refractivity contribution in [3.63, 3.8) is 0 Å². The Labute approximate surface area is 325 Å². The van der Waals surface area contributed by atoms with E-state index in [1.807, 2.05) is 18.5 Å². The van der Waals surface area contributed by atoms with Crippen LogP contribution in [0.5, 0.6) is 0 Å². The maximum Gasteiger partial charge on any atom is 0.307 e. The summed E-state index contributed by atoms with van der Waals surface area (Å²) in [5, 5.41) is 22.7. The molecule has 2 bridgehead atoms. The molecular weight excluding hydrogens is 679 g/mol. The number of nitrogens with one attached hydrogen (secondary N) is 2. The van der Waals surface area contributed by atoms with Crippen LogP contribution in [0.15, 0.2) is 18.0 Å². The van der Waals surface area contributed by atoms with Crippen molar-refractivity contribution in [2.75, 3.05) is 26.4 Å². The largest absolute Gasteiger partial charge is 0.481 e. The number of aromatic nitrogens is 3. The molecular formula is C44H73N5O5. The van der Waals surface area contributed by atoms with Crippen molar-refractivity contribution in [3.05, 3.63) is 23.8 Å². The molecule has 1 aliphatic heterocycles. The molecule has 1 aromatic rings. The third kappa shape index (κ3) is 6.13. The zero-order chi connectivity index (χ0) is 39.8. The zero-order valence-electron chi connectivity index (χ0n) is 35.8. The molecule has 1 aromatic heterocycles. The topological polar surface area (TPSA) is 128 Å². The second-order valence-corrected chi connectivity index (χ2v) is 20.6. The van der Waals surface area contributed by atoms with E-state index in [0.717, 1.165) is 45.1 Å². The molecule has 1 saturated heterocycles. The summed E-state index contributed by atoms with van der Waals surface area (Å²) in [7, 11) is 0. The summed E-state index contributed by atoms with van der Waals surface area (Å²) >= 11 is 0. The molecule has 304 valence electrons. The lowest BCUT2D eigenvalue weighted by Crippen LogP contribution is -2.69. The Morgan fingerprint density at radius 3 is 2.37 bits per heavy atom. The van der Waals surface area contributed by atoms with Crippen molar-refractivity contribution in [1.29, 1.82) is 0 Å². The van der Waals surface area contributed by atoms with Gasteiger partial charge in [-0.15, -0.1) is 5.10 Å². The van der Waals surface area contributed by atoms with Crippen LogP contribution in [-0.4, -0.2) is 75.8 Å². The minimum Gasteiger partial charge on any atom is -0.481 e. The van der Waals surface area contributed by atoms with E-state index in [2.05, 4.69) is 97.9 Å².